The topological polar surface area (TPSA) is 58.4 Å². The maximum atomic E-state index is 11.8. The van der Waals surface area contributed by atoms with Crippen LogP contribution < -0.4 is 11.1 Å². The lowest BCUT2D eigenvalue weighted by Gasteiger charge is -2.39. The number of nitrogens with one attached hydrogen (secondary N) is 1. The van der Waals surface area contributed by atoms with Crippen molar-refractivity contribution in [3.8, 4) is 0 Å². The van der Waals surface area contributed by atoms with Gasteiger partial charge in [-0.25, -0.2) is 0 Å². The molecule has 4 nitrogen and oxygen atoms in total. The molecule has 6 heteroatoms. The molecule has 3 N–H and O–H groups in total. The van der Waals surface area contributed by atoms with Gasteiger partial charge >= 0.3 is 0 Å². The minimum atomic E-state index is -0.0692. The van der Waals surface area contributed by atoms with Crippen LogP contribution in [0.15, 0.2) is 0 Å². The summed E-state index contributed by atoms with van der Waals surface area (Å²) in [5.74, 6) is 0.602. The third kappa shape index (κ3) is 4.93. The number of carbonyl (C=O) groups excluding carboxylic acids is 1. The first-order chi connectivity index (χ1) is 8.89. The number of thiocarbonyl (C=S) groups is 1. The molecule has 0 aromatic rings. The smallest absolute Gasteiger partial charge is 0.234 e. The molecular weight excluding hydrogens is 278 g/mol. The summed E-state index contributed by atoms with van der Waals surface area (Å²) in [5, 5.41) is 2.95. The van der Waals surface area contributed by atoms with Crippen LogP contribution >= 0.6 is 24.0 Å². The van der Waals surface area contributed by atoms with Gasteiger partial charge in [0.15, 0.2) is 0 Å². The molecule has 1 aliphatic rings. The summed E-state index contributed by atoms with van der Waals surface area (Å²) in [6, 6.07) is 0. The molecule has 0 unspecified atom stereocenters. The highest BCUT2D eigenvalue weighted by atomic mass is 32.2. The molecule has 0 aromatic heterocycles. The zero-order valence-electron chi connectivity index (χ0n) is 12.1. The Balaban J connectivity index is 2.38. The lowest BCUT2D eigenvalue weighted by Crippen LogP contribution is -2.51. The van der Waals surface area contributed by atoms with Crippen molar-refractivity contribution in [1.29, 1.82) is 0 Å². The highest BCUT2D eigenvalue weighted by molar-refractivity contribution is 8.02. The van der Waals surface area contributed by atoms with E-state index in [1.165, 1.54) is 0 Å². The van der Waals surface area contributed by atoms with E-state index in [0.717, 1.165) is 32.5 Å². The molecule has 0 radical (unpaired) electrons. The zero-order chi connectivity index (χ0) is 14.5. The Labute approximate surface area is 125 Å². The molecule has 1 amide bonds. The van der Waals surface area contributed by atoms with E-state index in [2.05, 4.69) is 30.3 Å². The van der Waals surface area contributed by atoms with Crippen molar-refractivity contribution in [3.05, 3.63) is 0 Å². The van der Waals surface area contributed by atoms with Crippen molar-refractivity contribution in [2.75, 3.05) is 32.4 Å². The first-order valence-electron chi connectivity index (χ1n) is 6.74. The predicted molar refractivity (Wildman–Crippen MR) is 86.6 cm³/mol. The fourth-order valence-electron chi connectivity index (χ4n) is 2.20. The number of hydrogen-bond donors (Lipinski definition) is 2. The number of nitrogens with zero attached hydrogens (tertiary/aromatic N) is 1. The molecule has 1 aliphatic heterocycles. The Morgan fingerprint density at radius 1 is 1.47 bits per heavy atom. The molecular formula is C13H25N3OS2. The minimum absolute atomic E-state index is 0.0692. The van der Waals surface area contributed by atoms with E-state index in [-0.39, 0.29) is 10.7 Å². The number of piperidine rings is 1. The molecule has 110 valence electrons. The average molecular weight is 303 g/mol. The van der Waals surface area contributed by atoms with Gasteiger partial charge in [-0.1, -0.05) is 26.1 Å². The van der Waals surface area contributed by atoms with E-state index in [4.69, 9.17) is 18.0 Å². The standard InChI is InChI=1S/C13H25N3OS2/c1-10(2)8-15-11(17)9-16-6-4-13(19-3,5-7-16)12(14)18/h10H,4-9H2,1-3H3,(H2,14,18)(H,15,17). The number of amides is 1. The van der Waals surface area contributed by atoms with Gasteiger partial charge in [0.25, 0.3) is 0 Å². The van der Waals surface area contributed by atoms with Gasteiger partial charge in [-0.3, -0.25) is 9.69 Å². The maximum Gasteiger partial charge on any atom is 0.234 e. The molecule has 0 saturated carbocycles. The fraction of sp³-hybridized carbons (Fsp3) is 0.846. The highest BCUT2D eigenvalue weighted by Gasteiger charge is 2.36. The van der Waals surface area contributed by atoms with E-state index < -0.39 is 0 Å². The van der Waals surface area contributed by atoms with E-state index >= 15 is 0 Å². The van der Waals surface area contributed by atoms with Crippen molar-refractivity contribution in [2.24, 2.45) is 11.7 Å². The summed E-state index contributed by atoms with van der Waals surface area (Å²) >= 11 is 6.93. The third-order valence-electron chi connectivity index (χ3n) is 3.58. The van der Waals surface area contributed by atoms with Crippen molar-refractivity contribution in [2.45, 2.75) is 31.4 Å². The third-order valence-corrected chi connectivity index (χ3v) is 5.51. The van der Waals surface area contributed by atoms with Crippen molar-refractivity contribution < 1.29 is 4.79 Å². The first kappa shape index (κ1) is 16.7. The van der Waals surface area contributed by atoms with Gasteiger partial charge < -0.3 is 11.1 Å². The molecule has 0 bridgehead atoms. The Morgan fingerprint density at radius 2 is 2.05 bits per heavy atom. The number of carbonyl (C=O) groups is 1. The van der Waals surface area contributed by atoms with Crippen LogP contribution in [0, 0.1) is 5.92 Å². The molecule has 1 fully saturated rings. The summed E-state index contributed by atoms with van der Waals surface area (Å²) in [7, 11) is 0. The van der Waals surface area contributed by atoms with Crippen LogP contribution in [0.25, 0.3) is 0 Å². The lowest BCUT2D eigenvalue weighted by atomic mass is 9.95. The number of thioether (sulfide) groups is 1. The number of nitrogens with two attached hydrogens (primary N) is 1. The van der Waals surface area contributed by atoms with Crippen LogP contribution in [0.1, 0.15) is 26.7 Å². The maximum absolute atomic E-state index is 11.8. The Bertz CT molecular complexity index is 326. The molecule has 0 aliphatic carbocycles. The van der Waals surface area contributed by atoms with Crippen LogP contribution in [0.3, 0.4) is 0 Å². The van der Waals surface area contributed by atoms with Gasteiger partial charge in [-0.05, 0) is 25.0 Å². The van der Waals surface area contributed by atoms with E-state index in [1.54, 1.807) is 11.8 Å². The molecule has 0 atom stereocenters. The second-order valence-electron chi connectivity index (χ2n) is 5.54. The van der Waals surface area contributed by atoms with Gasteiger partial charge in [0.05, 0.1) is 16.3 Å². The Hall–Kier alpha value is -0.330. The SMILES string of the molecule is CSC1(C(N)=S)CCN(CC(=O)NCC(C)C)CC1. The van der Waals surface area contributed by atoms with Crippen LogP contribution in [0.5, 0.6) is 0 Å². The second-order valence-corrected chi connectivity index (χ2v) is 7.17. The molecule has 0 spiro atoms. The van der Waals surface area contributed by atoms with Crippen molar-refractivity contribution >= 4 is 34.9 Å². The van der Waals surface area contributed by atoms with Crippen molar-refractivity contribution in [1.82, 2.24) is 10.2 Å². The first-order valence-corrected chi connectivity index (χ1v) is 8.37. The zero-order valence-corrected chi connectivity index (χ0v) is 13.7. The summed E-state index contributed by atoms with van der Waals surface area (Å²) in [4.78, 5) is 14.6. The van der Waals surface area contributed by atoms with Gasteiger partial charge in [0.1, 0.15) is 0 Å². The summed E-state index contributed by atoms with van der Waals surface area (Å²) in [6.45, 7) is 7.18. The van der Waals surface area contributed by atoms with Crippen LogP contribution in [0.2, 0.25) is 0 Å². The lowest BCUT2D eigenvalue weighted by molar-refractivity contribution is -0.122. The molecule has 1 heterocycles. The number of hydrogen-bond acceptors (Lipinski definition) is 4. The minimum Gasteiger partial charge on any atom is -0.392 e. The Morgan fingerprint density at radius 3 is 2.47 bits per heavy atom. The van der Waals surface area contributed by atoms with E-state index in [9.17, 15) is 4.79 Å². The number of likely N-dealkylation sites (tertiary alicyclic amines) is 1. The summed E-state index contributed by atoms with van der Waals surface area (Å²) in [6.07, 6.45) is 3.92. The van der Waals surface area contributed by atoms with Gasteiger partial charge in [0.2, 0.25) is 5.91 Å². The normalized spacial score (nSPS) is 19.4. The Kier molecular flexibility index (Phi) is 6.56. The summed E-state index contributed by atoms with van der Waals surface area (Å²) in [5.41, 5.74) is 5.85. The predicted octanol–water partition coefficient (Wildman–Crippen LogP) is 1.24. The van der Waals surface area contributed by atoms with E-state index in [0.29, 0.717) is 17.5 Å². The molecule has 0 aromatic carbocycles. The molecule has 1 saturated heterocycles. The van der Waals surface area contributed by atoms with Gasteiger partial charge in [0, 0.05) is 19.6 Å². The van der Waals surface area contributed by atoms with Crippen molar-refractivity contribution in [3.63, 3.8) is 0 Å². The quantitative estimate of drug-likeness (QED) is 0.723. The second kappa shape index (κ2) is 7.45. The summed E-state index contributed by atoms with van der Waals surface area (Å²) < 4.78 is -0.0692. The molecule has 1 rings (SSSR count). The van der Waals surface area contributed by atoms with Crippen LogP contribution in [-0.4, -0.2) is 53.0 Å². The monoisotopic (exact) mass is 303 g/mol. The van der Waals surface area contributed by atoms with Gasteiger partial charge in [-0.15, -0.1) is 0 Å². The average Bonchev–Trinajstić information content (AvgIpc) is 2.37. The van der Waals surface area contributed by atoms with E-state index in [1.807, 2.05) is 0 Å². The van der Waals surface area contributed by atoms with Crippen LogP contribution in [0.4, 0.5) is 0 Å². The van der Waals surface area contributed by atoms with Crippen LogP contribution in [-0.2, 0) is 4.79 Å². The van der Waals surface area contributed by atoms with Gasteiger partial charge in [-0.2, -0.15) is 11.8 Å². The highest BCUT2D eigenvalue weighted by Crippen LogP contribution is 2.34. The fourth-order valence-corrected chi connectivity index (χ4v) is 3.45. The number of rotatable bonds is 6. The molecule has 19 heavy (non-hydrogen) atoms. The largest absolute Gasteiger partial charge is 0.392 e.